The number of rotatable bonds is 5. The van der Waals surface area contributed by atoms with Crippen LogP contribution in [0.1, 0.15) is 25.8 Å². The molecule has 4 heteroatoms. The van der Waals surface area contributed by atoms with Crippen LogP contribution in [0.2, 0.25) is 0 Å². The number of nitrogens with zero attached hydrogens (tertiary/aromatic N) is 2. The van der Waals surface area contributed by atoms with Crippen molar-refractivity contribution < 1.29 is 0 Å². The van der Waals surface area contributed by atoms with Gasteiger partial charge in [0.25, 0.3) is 0 Å². The molecule has 1 fully saturated rings. The van der Waals surface area contributed by atoms with Gasteiger partial charge in [-0.05, 0) is 60.6 Å². The first-order valence-electron chi connectivity index (χ1n) is 7.56. The molecule has 0 saturated carbocycles. The Labute approximate surface area is 131 Å². The zero-order valence-electron chi connectivity index (χ0n) is 12.8. The van der Waals surface area contributed by atoms with Crippen molar-refractivity contribution in [3.8, 4) is 0 Å². The Bertz CT molecular complexity index is 436. The third kappa shape index (κ3) is 3.96. The lowest BCUT2D eigenvalue weighted by molar-refractivity contribution is 0.234. The lowest BCUT2D eigenvalue weighted by atomic mass is 10.1. The number of hydrogen-bond acceptors (Lipinski definition) is 3. The number of hydrogen-bond donors (Lipinski definition) is 1. The molecule has 0 spiro atoms. The second-order valence-corrected chi connectivity index (χ2v) is 6.59. The van der Waals surface area contributed by atoms with Crippen LogP contribution in [-0.2, 0) is 6.54 Å². The summed E-state index contributed by atoms with van der Waals surface area (Å²) in [5, 5.41) is 3.45. The number of anilines is 1. The molecule has 0 radical (unpaired) electrons. The molecule has 2 rings (SSSR count). The molecule has 1 saturated heterocycles. The van der Waals surface area contributed by atoms with Gasteiger partial charge >= 0.3 is 0 Å². The second kappa shape index (κ2) is 7.43. The molecule has 20 heavy (non-hydrogen) atoms. The SMILES string of the molecule is CCCNCc1ccc(N2CCN(C)C(C)C2)c(Br)c1. The maximum Gasteiger partial charge on any atom is 0.0511 e. The third-order valence-electron chi connectivity index (χ3n) is 4.07. The minimum Gasteiger partial charge on any atom is -0.368 e. The number of piperazine rings is 1. The summed E-state index contributed by atoms with van der Waals surface area (Å²) in [5.41, 5.74) is 2.67. The van der Waals surface area contributed by atoms with E-state index in [0.717, 1.165) is 32.7 Å². The summed E-state index contributed by atoms with van der Waals surface area (Å²) in [5.74, 6) is 0. The van der Waals surface area contributed by atoms with Crippen LogP contribution in [-0.4, -0.2) is 44.2 Å². The van der Waals surface area contributed by atoms with Crippen molar-refractivity contribution in [3.63, 3.8) is 0 Å². The quantitative estimate of drug-likeness (QED) is 0.831. The van der Waals surface area contributed by atoms with E-state index in [-0.39, 0.29) is 0 Å². The molecule has 0 amide bonds. The largest absolute Gasteiger partial charge is 0.368 e. The smallest absolute Gasteiger partial charge is 0.0511 e. The molecule has 1 unspecified atom stereocenters. The predicted octanol–water partition coefficient (Wildman–Crippen LogP) is 3.09. The van der Waals surface area contributed by atoms with Crippen LogP contribution in [0.25, 0.3) is 0 Å². The lowest BCUT2D eigenvalue weighted by Crippen LogP contribution is -2.50. The highest BCUT2D eigenvalue weighted by Crippen LogP contribution is 2.29. The summed E-state index contributed by atoms with van der Waals surface area (Å²) in [6.45, 7) is 9.85. The van der Waals surface area contributed by atoms with Gasteiger partial charge in [-0.15, -0.1) is 0 Å². The highest BCUT2D eigenvalue weighted by Gasteiger charge is 2.22. The molecule has 1 atom stereocenters. The Balaban J connectivity index is 2.02. The highest BCUT2D eigenvalue weighted by atomic mass is 79.9. The van der Waals surface area contributed by atoms with Crippen molar-refractivity contribution in [1.82, 2.24) is 10.2 Å². The highest BCUT2D eigenvalue weighted by molar-refractivity contribution is 9.10. The number of benzene rings is 1. The van der Waals surface area contributed by atoms with E-state index in [2.05, 4.69) is 70.1 Å². The summed E-state index contributed by atoms with van der Waals surface area (Å²) in [6, 6.07) is 7.36. The minimum absolute atomic E-state index is 0.613. The normalized spacial score (nSPS) is 20.4. The summed E-state index contributed by atoms with van der Waals surface area (Å²) in [7, 11) is 2.21. The van der Waals surface area contributed by atoms with Crippen LogP contribution in [0.15, 0.2) is 22.7 Å². The van der Waals surface area contributed by atoms with Crippen LogP contribution < -0.4 is 10.2 Å². The molecule has 0 bridgehead atoms. The van der Waals surface area contributed by atoms with Gasteiger partial charge in [0, 0.05) is 36.7 Å². The fourth-order valence-electron chi connectivity index (χ4n) is 2.59. The Morgan fingerprint density at radius 3 is 2.80 bits per heavy atom. The van der Waals surface area contributed by atoms with E-state index in [4.69, 9.17) is 0 Å². The summed E-state index contributed by atoms with van der Waals surface area (Å²) in [4.78, 5) is 4.91. The van der Waals surface area contributed by atoms with Crippen molar-refractivity contribution in [1.29, 1.82) is 0 Å². The lowest BCUT2D eigenvalue weighted by Gasteiger charge is -2.39. The molecular weight excluding hydrogens is 314 g/mol. The van der Waals surface area contributed by atoms with Crippen molar-refractivity contribution in [2.45, 2.75) is 32.9 Å². The van der Waals surface area contributed by atoms with E-state index >= 15 is 0 Å². The number of nitrogens with one attached hydrogen (secondary N) is 1. The Morgan fingerprint density at radius 2 is 2.15 bits per heavy atom. The van der Waals surface area contributed by atoms with Gasteiger partial charge < -0.3 is 15.1 Å². The van der Waals surface area contributed by atoms with Crippen LogP contribution >= 0.6 is 15.9 Å². The second-order valence-electron chi connectivity index (χ2n) is 5.74. The predicted molar refractivity (Wildman–Crippen MR) is 90.4 cm³/mol. The molecule has 1 heterocycles. The van der Waals surface area contributed by atoms with Crippen LogP contribution in [0, 0.1) is 0 Å². The topological polar surface area (TPSA) is 18.5 Å². The minimum atomic E-state index is 0.613. The van der Waals surface area contributed by atoms with Gasteiger partial charge in [0.2, 0.25) is 0 Å². The van der Waals surface area contributed by atoms with Gasteiger partial charge in [-0.1, -0.05) is 13.0 Å². The first kappa shape index (κ1) is 15.8. The average Bonchev–Trinajstić information content (AvgIpc) is 2.43. The number of likely N-dealkylation sites (N-methyl/N-ethyl adjacent to an activating group) is 1. The van der Waals surface area contributed by atoms with Gasteiger partial charge in [-0.25, -0.2) is 0 Å². The molecule has 112 valence electrons. The first-order valence-corrected chi connectivity index (χ1v) is 8.35. The Morgan fingerprint density at radius 1 is 1.35 bits per heavy atom. The van der Waals surface area contributed by atoms with Crippen LogP contribution in [0.3, 0.4) is 0 Å². The first-order chi connectivity index (χ1) is 9.61. The Kier molecular flexibility index (Phi) is 5.87. The van der Waals surface area contributed by atoms with Gasteiger partial charge in [-0.2, -0.15) is 0 Å². The summed E-state index contributed by atoms with van der Waals surface area (Å²) in [6.07, 6.45) is 1.18. The molecular formula is C16H26BrN3. The van der Waals surface area contributed by atoms with E-state index in [1.807, 2.05) is 0 Å². The average molecular weight is 340 g/mol. The van der Waals surface area contributed by atoms with Crippen molar-refractivity contribution in [2.75, 3.05) is 38.1 Å². The zero-order valence-corrected chi connectivity index (χ0v) is 14.4. The Hall–Kier alpha value is -0.580. The third-order valence-corrected chi connectivity index (χ3v) is 4.70. The molecule has 1 N–H and O–H groups in total. The van der Waals surface area contributed by atoms with Crippen molar-refractivity contribution >= 4 is 21.6 Å². The van der Waals surface area contributed by atoms with Gasteiger partial charge in [0.1, 0.15) is 0 Å². The van der Waals surface area contributed by atoms with E-state index in [9.17, 15) is 0 Å². The maximum atomic E-state index is 3.74. The standard InChI is InChI=1S/C16H26BrN3/c1-4-7-18-11-14-5-6-16(15(17)10-14)20-9-8-19(3)13(2)12-20/h5-6,10,13,18H,4,7-9,11-12H2,1-3H3. The van der Waals surface area contributed by atoms with Crippen molar-refractivity contribution in [3.05, 3.63) is 28.2 Å². The van der Waals surface area contributed by atoms with E-state index in [1.165, 1.54) is 22.1 Å². The fraction of sp³-hybridized carbons (Fsp3) is 0.625. The van der Waals surface area contributed by atoms with E-state index in [0.29, 0.717) is 6.04 Å². The van der Waals surface area contributed by atoms with Crippen LogP contribution in [0.4, 0.5) is 5.69 Å². The van der Waals surface area contributed by atoms with E-state index in [1.54, 1.807) is 0 Å². The molecule has 1 aliphatic heterocycles. The number of halogens is 1. The monoisotopic (exact) mass is 339 g/mol. The van der Waals surface area contributed by atoms with Gasteiger partial charge in [-0.3, -0.25) is 0 Å². The van der Waals surface area contributed by atoms with Gasteiger partial charge in [0.05, 0.1) is 5.69 Å². The fourth-order valence-corrected chi connectivity index (χ4v) is 3.27. The molecule has 1 aliphatic rings. The molecule has 3 nitrogen and oxygen atoms in total. The van der Waals surface area contributed by atoms with Gasteiger partial charge in [0.15, 0.2) is 0 Å². The molecule has 0 aliphatic carbocycles. The zero-order chi connectivity index (χ0) is 14.5. The molecule has 1 aromatic rings. The maximum absolute atomic E-state index is 3.74. The molecule has 0 aromatic heterocycles. The van der Waals surface area contributed by atoms with E-state index < -0.39 is 0 Å². The van der Waals surface area contributed by atoms with Crippen LogP contribution in [0.5, 0.6) is 0 Å². The van der Waals surface area contributed by atoms with Crippen molar-refractivity contribution in [2.24, 2.45) is 0 Å². The summed E-state index contributed by atoms with van der Waals surface area (Å²) >= 11 is 3.74. The summed E-state index contributed by atoms with van der Waals surface area (Å²) < 4.78 is 1.21. The molecule has 1 aromatic carbocycles.